The molecule has 1 aromatic rings. The van der Waals surface area contributed by atoms with E-state index >= 15 is 0 Å². The number of ketones is 1. The summed E-state index contributed by atoms with van der Waals surface area (Å²) in [6, 6.07) is 11.1. The van der Waals surface area contributed by atoms with E-state index in [4.69, 9.17) is 0 Å². The zero-order chi connectivity index (χ0) is 12.3. The summed E-state index contributed by atoms with van der Waals surface area (Å²) >= 11 is 0. The van der Waals surface area contributed by atoms with E-state index in [1.165, 1.54) is 12.0 Å². The molecule has 2 rings (SSSR count). The van der Waals surface area contributed by atoms with Crippen LogP contribution in [0.25, 0.3) is 0 Å². The first-order valence-electron chi connectivity index (χ1n) is 6.45. The van der Waals surface area contributed by atoms with Crippen molar-refractivity contribution in [2.45, 2.75) is 38.6 Å². The van der Waals surface area contributed by atoms with E-state index in [1.54, 1.807) is 6.92 Å². The minimum absolute atomic E-state index is 0.292. The molecule has 1 saturated heterocycles. The number of rotatable bonds is 4. The Balaban J connectivity index is 1.94. The number of nitrogens with zero attached hydrogens (tertiary/aromatic N) is 1. The van der Waals surface area contributed by atoms with Crippen molar-refractivity contribution in [3.63, 3.8) is 0 Å². The number of hydrogen-bond acceptors (Lipinski definition) is 2. The lowest BCUT2D eigenvalue weighted by molar-refractivity contribution is -0.118. The van der Waals surface area contributed by atoms with Crippen LogP contribution in [-0.2, 0) is 4.79 Å². The molecule has 0 saturated carbocycles. The third-order valence-electron chi connectivity index (χ3n) is 3.70. The molecule has 1 fully saturated rings. The summed E-state index contributed by atoms with van der Waals surface area (Å²) in [5.74, 6) is 0.936. The van der Waals surface area contributed by atoms with Crippen LogP contribution in [-0.4, -0.2) is 29.8 Å². The summed E-state index contributed by atoms with van der Waals surface area (Å²) in [5, 5.41) is 0. The molecular weight excluding hydrogens is 210 g/mol. The molecule has 0 bridgehead atoms. The molecule has 2 atom stereocenters. The van der Waals surface area contributed by atoms with Gasteiger partial charge in [0.15, 0.2) is 0 Å². The summed E-state index contributed by atoms with van der Waals surface area (Å²) in [5.41, 5.74) is 1.44. The van der Waals surface area contributed by atoms with Crippen LogP contribution in [0.4, 0.5) is 0 Å². The zero-order valence-electron chi connectivity index (χ0n) is 10.7. The first kappa shape index (κ1) is 12.3. The number of benzene rings is 1. The van der Waals surface area contributed by atoms with Crippen LogP contribution in [0.5, 0.6) is 0 Å². The minimum atomic E-state index is 0.292. The van der Waals surface area contributed by atoms with Gasteiger partial charge in [-0.15, -0.1) is 0 Å². The zero-order valence-corrected chi connectivity index (χ0v) is 10.7. The Labute approximate surface area is 104 Å². The van der Waals surface area contributed by atoms with Gasteiger partial charge >= 0.3 is 0 Å². The van der Waals surface area contributed by atoms with Gasteiger partial charge in [0.25, 0.3) is 0 Å². The second-order valence-corrected chi connectivity index (χ2v) is 5.15. The summed E-state index contributed by atoms with van der Waals surface area (Å²) in [4.78, 5) is 13.6. The molecular formula is C15H21NO. The van der Waals surface area contributed by atoms with Crippen LogP contribution in [0.2, 0.25) is 0 Å². The lowest BCUT2D eigenvalue weighted by Gasteiger charge is -2.23. The highest BCUT2D eigenvalue weighted by molar-refractivity contribution is 5.76. The summed E-state index contributed by atoms with van der Waals surface area (Å²) < 4.78 is 0. The largest absolute Gasteiger partial charge is 0.300 e. The van der Waals surface area contributed by atoms with Crippen molar-refractivity contribution in [3.05, 3.63) is 35.9 Å². The standard InChI is InChI=1S/C15H21NO/c1-12(10-13(2)17)16-9-8-15(11-16)14-6-4-3-5-7-14/h3-7,12,15H,8-11H2,1-2H3. The van der Waals surface area contributed by atoms with Crippen molar-refractivity contribution in [3.8, 4) is 0 Å². The van der Waals surface area contributed by atoms with Gasteiger partial charge in [-0.2, -0.15) is 0 Å². The molecule has 0 N–H and O–H groups in total. The van der Waals surface area contributed by atoms with E-state index in [-0.39, 0.29) is 0 Å². The molecule has 0 amide bonds. The fraction of sp³-hybridized carbons (Fsp3) is 0.533. The van der Waals surface area contributed by atoms with Gasteiger partial charge in [-0.05, 0) is 38.3 Å². The van der Waals surface area contributed by atoms with Crippen LogP contribution in [0, 0.1) is 0 Å². The van der Waals surface area contributed by atoms with Gasteiger partial charge < -0.3 is 0 Å². The maximum Gasteiger partial charge on any atom is 0.131 e. The second-order valence-electron chi connectivity index (χ2n) is 5.15. The molecule has 0 aliphatic carbocycles. The molecule has 2 heteroatoms. The highest BCUT2D eigenvalue weighted by Gasteiger charge is 2.27. The van der Waals surface area contributed by atoms with Crippen molar-refractivity contribution in [1.82, 2.24) is 4.90 Å². The Kier molecular flexibility index (Phi) is 3.95. The molecule has 92 valence electrons. The van der Waals surface area contributed by atoms with E-state index < -0.39 is 0 Å². The topological polar surface area (TPSA) is 20.3 Å². The summed E-state index contributed by atoms with van der Waals surface area (Å²) in [6.07, 6.45) is 1.90. The van der Waals surface area contributed by atoms with Crippen LogP contribution in [0.1, 0.15) is 38.2 Å². The molecule has 1 aromatic carbocycles. The van der Waals surface area contributed by atoms with Gasteiger partial charge in [0.05, 0.1) is 0 Å². The Morgan fingerprint density at radius 2 is 2.12 bits per heavy atom. The number of hydrogen-bond donors (Lipinski definition) is 0. The van der Waals surface area contributed by atoms with Gasteiger partial charge in [-0.3, -0.25) is 9.69 Å². The molecule has 2 nitrogen and oxygen atoms in total. The van der Waals surface area contributed by atoms with E-state index in [2.05, 4.69) is 42.2 Å². The normalized spacial score (nSPS) is 22.6. The van der Waals surface area contributed by atoms with Crippen molar-refractivity contribution >= 4 is 5.78 Å². The maximum atomic E-state index is 11.1. The van der Waals surface area contributed by atoms with E-state index in [0.29, 0.717) is 24.2 Å². The van der Waals surface area contributed by atoms with E-state index in [9.17, 15) is 4.79 Å². The Morgan fingerprint density at radius 3 is 2.76 bits per heavy atom. The third kappa shape index (κ3) is 3.16. The molecule has 0 radical (unpaired) electrons. The van der Waals surface area contributed by atoms with Crippen LogP contribution >= 0.6 is 0 Å². The average molecular weight is 231 g/mol. The second kappa shape index (κ2) is 5.46. The fourth-order valence-electron chi connectivity index (χ4n) is 2.73. The first-order valence-corrected chi connectivity index (χ1v) is 6.45. The van der Waals surface area contributed by atoms with Crippen LogP contribution in [0.15, 0.2) is 30.3 Å². The SMILES string of the molecule is CC(=O)CC(C)N1CCC(c2ccccc2)C1. The third-order valence-corrected chi connectivity index (χ3v) is 3.70. The Bertz CT molecular complexity index is 374. The van der Waals surface area contributed by atoms with Crippen molar-refractivity contribution < 1.29 is 4.79 Å². The van der Waals surface area contributed by atoms with Crippen LogP contribution in [0.3, 0.4) is 0 Å². The van der Waals surface area contributed by atoms with Gasteiger partial charge in [0, 0.05) is 19.0 Å². The molecule has 0 spiro atoms. The Hall–Kier alpha value is -1.15. The predicted molar refractivity (Wildman–Crippen MR) is 70.1 cm³/mol. The minimum Gasteiger partial charge on any atom is -0.300 e. The molecule has 1 aliphatic rings. The lowest BCUT2D eigenvalue weighted by atomic mass is 9.99. The van der Waals surface area contributed by atoms with Crippen molar-refractivity contribution in [2.75, 3.05) is 13.1 Å². The van der Waals surface area contributed by atoms with Crippen molar-refractivity contribution in [1.29, 1.82) is 0 Å². The number of carbonyl (C=O) groups is 1. The van der Waals surface area contributed by atoms with Gasteiger partial charge in [-0.25, -0.2) is 0 Å². The molecule has 1 heterocycles. The average Bonchev–Trinajstić information content (AvgIpc) is 2.78. The van der Waals surface area contributed by atoms with Gasteiger partial charge in [0.2, 0.25) is 0 Å². The molecule has 0 aromatic heterocycles. The Morgan fingerprint density at radius 1 is 1.41 bits per heavy atom. The lowest BCUT2D eigenvalue weighted by Crippen LogP contribution is -2.32. The molecule has 1 aliphatic heterocycles. The monoisotopic (exact) mass is 231 g/mol. The van der Waals surface area contributed by atoms with Gasteiger partial charge in [0.1, 0.15) is 5.78 Å². The highest BCUT2D eigenvalue weighted by atomic mass is 16.1. The van der Waals surface area contributed by atoms with Crippen LogP contribution < -0.4 is 0 Å². The number of carbonyl (C=O) groups excluding carboxylic acids is 1. The molecule has 17 heavy (non-hydrogen) atoms. The van der Waals surface area contributed by atoms with E-state index in [0.717, 1.165) is 13.1 Å². The smallest absolute Gasteiger partial charge is 0.131 e. The summed E-state index contributed by atoms with van der Waals surface area (Å²) in [6.45, 7) is 6.06. The number of Topliss-reactive ketones (excluding diaryl/α,β-unsaturated/α-hetero) is 1. The predicted octanol–water partition coefficient (Wildman–Crippen LogP) is 2.84. The van der Waals surface area contributed by atoms with E-state index in [1.807, 2.05) is 0 Å². The number of likely N-dealkylation sites (tertiary alicyclic amines) is 1. The quantitative estimate of drug-likeness (QED) is 0.794. The molecule has 2 unspecified atom stereocenters. The van der Waals surface area contributed by atoms with Gasteiger partial charge in [-0.1, -0.05) is 30.3 Å². The fourth-order valence-corrected chi connectivity index (χ4v) is 2.73. The first-order chi connectivity index (χ1) is 8.16. The maximum absolute atomic E-state index is 11.1. The highest BCUT2D eigenvalue weighted by Crippen LogP contribution is 2.28. The van der Waals surface area contributed by atoms with Crippen molar-refractivity contribution in [2.24, 2.45) is 0 Å². The summed E-state index contributed by atoms with van der Waals surface area (Å²) in [7, 11) is 0.